The fourth-order valence-corrected chi connectivity index (χ4v) is 2.33. The monoisotopic (exact) mass is 236 g/mol. The van der Waals surface area contributed by atoms with E-state index in [4.69, 9.17) is 9.47 Å². The molecule has 0 saturated heterocycles. The maximum atomic E-state index is 10.6. The first kappa shape index (κ1) is 10.3. The average Bonchev–Trinajstić information content (AvgIpc) is 2.35. The van der Waals surface area contributed by atoms with E-state index in [0.717, 1.165) is 25.7 Å². The maximum absolute atomic E-state index is 10.6. The molecular weight excluding hydrogens is 224 g/mol. The van der Waals surface area contributed by atoms with Gasteiger partial charge in [-0.2, -0.15) is 0 Å². The molecule has 1 fully saturated rings. The number of nitro groups is 1. The van der Waals surface area contributed by atoms with Crippen LogP contribution < -0.4 is 9.47 Å². The first-order chi connectivity index (χ1) is 8.24. The van der Waals surface area contributed by atoms with E-state index in [0.29, 0.717) is 11.6 Å². The lowest BCUT2D eigenvalue weighted by Gasteiger charge is -2.35. The van der Waals surface area contributed by atoms with Gasteiger partial charge in [0.2, 0.25) is 0 Å². The lowest BCUT2D eigenvalue weighted by Crippen LogP contribution is -2.42. The van der Waals surface area contributed by atoms with Crippen LogP contribution in [0.3, 0.4) is 0 Å². The quantitative estimate of drug-likeness (QED) is 0.551. The molecule has 3 rings (SSSR count). The molecule has 6 heteroatoms. The van der Waals surface area contributed by atoms with Crippen LogP contribution in [0.15, 0.2) is 12.3 Å². The number of nitrogens with zero attached hydrogens (tertiary/aromatic N) is 2. The molecule has 0 N–H and O–H groups in total. The van der Waals surface area contributed by atoms with Crippen LogP contribution in [0.25, 0.3) is 0 Å². The lowest BCUT2D eigenvalue weighted by atomic mass is 9.94. The van der Waals surface area contributed by atoms with Crippen molar-refractivity contribution in [3.8, 4) is 11.6 Å². The highest BCUT2D eigenvalue weighted by molar-refractivity contribution is 5.43. The zero-order chi connectivity index (χ0) is 11.8. The smallest absolute Gasteiger partial charge is 0.291 e. The van der Waals surface area contributed by atoms with Gasteiger partial charge in [0.25, 0.3) is 11.6 Å². The highest BCUT2D eigenvalue weighted by Crippen LogP contribution is 2.38. The van der Waals surface area contributed by atoms with Crippen molar-refractivity contribution in [3.05, 3.63) is 22.4 Å². The molecule has 17 heavy (non-hydrogen) atoms. The molecule has 90 valence electrons. The van der Waals surface area contributed by atoms with Gasteiger partial charge in [0, 0.05) is 0 Å². The van der Waals surface area contributed by atoms with Crippen LogP contribution in [-0.4, -0.2) is 22.1 Å². The Kier molecular flexibility index (Phi) is 2.35. The molecule has 0 spiro atoms. The zero-order valence-corrected chi connectivity index (χ0v) is 9.17. The van der Waals surface area contributed by atoms with E-state index in [1.54, 1.807) is 0 Å². The van der Waals surface area contributed by atoms with Crippen molar-refractivity contribution >= 4 is 5.69 Å². The first-order valence-electron chi connectivity index (χ1n) is 5.72. The lowest BCUT2D eigenvalue weighted by molar-refractivity contribution is -0.385. The van der Waals surface area contributed by atoms with Crippen LogP contribution in [0.5, 0.6) is 11.6 Å². The van der Waals surface area contributed by atoms with Crippen LogP contribution in [0.4, 0.5) is 5.69 Å². The first-order valence-corrected chi connectivity index (χ1v) is 5.72. The van der Waals surface area contributed by atoms with Crippen molar-refractivity contribution in [3.63, 3.8) is 0 Å². The molecule has 2 aliphatic rings. The van der Waals surface area contributed by atoms with Gasteiger partial charge in [-0.3, -0.25) is 10.1 Å². The second kappa shape index (κ2) is 3.87. The summed E-state index contributed by atoms with van der Waals surface area (Å²) < 4.78 is 11.4. The second-order valence-corrected chi connectivity index (χ2v) is 4.35. The minimum Gasteiger partial charge on any atom is -0.481 e. The van der Waals surface area contributed by atoms with Gasteiger partial charge in [-0.15, -0.1) is 0 Å². The number of hydrogen-bond donors (Lipinski definition) is 0. The Bertz CT molecular complexity index is 463. The third-order valence-electron chi connectivity index (χ3n) is 3.20. The molecule has 0 radical (unpaired) electrons. The van der Waals surface area contributed by atoms with Crippen molar-refractivity contribution in [2.24, 2.45) is 0 Å². The van der Waals surface area contributed by atoms with E-state index >= 15 is 0 Å². The fraction of sp³-hybridized carbons (Fsp3) is 0.545. The van der Waals surface area contributed by atoms with Crippen LogP contribution >= 0.6 is 0 Å². The summed E-state index contributed by atoms with van der Waals surface area (Å²) in [5.41, 5.74) is -0.0680. The summed E-state index contributed by atoms with van der Waals surface area (Å²) >= 11 is 0. The molecule has 2 unspecified atom stereocenters. The van der Waals surface area contributed by atoms with Crippen molar-refractivity contribution in [1.82, 2.24) is 4.98 Å². The van der Waals surface area contributed by atoms with Gasteiger partial charge >= 0.3 is 0 Å². The molecule has 0 bridgehead atoms. The molecule has 1 aliphatic carbocycles. The van der Waals surface area contributed by atoms with Crippen LogP contribution in [-0.2, 0) is 0 Å². The van der Waals surface area contributed by atoms with Gasteiger partial charge in [0.05, 0.1) is 11.0 Å². The van der Waals surface area contributed by atoms with E-state index in [1.165, 1.54) is 12.3 Å². The molecule has 2 heterocycles. The van der Waals surface area contributed by atoms with E-state index in [-0.39, 0.29) is 17.9 Å². The molecule has 1 aromatic heterocycles. The third kappa shape index (κ3) is 1.79. The predicted molar refractivity (Wildman–Crippen MR) is 58.2 cm³/mol. The summed E-state index contributed by atoms with van der Waals surface area (Å²) in [6.07, 6.45) is 5.40. The molecule has 1 aromatic rings. The largest absolute Gasteiger partial charge is 0.481 e. The Morgan fingerprint density at radius 3 is 2.71 bits per heavy atom. The fourth-order valence-electron chi connectivity index (χ4n) is 2.33. The predicted octanol–water partition coefficient (Wildman–Crippen LogP) is 2.07. The van der Waals surface area contributed by atoms with Gasteiger partial charge in [0.15, 0.2) is 5.75 Å². The summed E-state index contributed by atoms with van der Waals surface area (Å²) in [5.74, 6) is 0.765. The van der Waals surface area contributed by atoms with Crippen molar-refractivity contribution in [2.45, 2.75) is 37.9 Å². The second-order valence-electron chi connectivity index (χ2n) is 4.35. The van der Waals surface area contributed by atoms with E-state index in [1.807, 2.05) is 0 Å². The molecule has 0 aromatic carbocycles. The number of rotatable bonds is 1. The van der Waals surface area contributed by atoms with E-state index in [9.17, 15) is 10.1 Å². The molecule has 6 nitrogen and oxygen atoms in total. The highest BCUT2D eigenvalue weighted by Gasteiger charge is 2.35. The molecule has 1 aliphatic heterocycles. The van der Waals surface area contributed by atoms with Crippen LogP contribution in [0, 0.1) is 10.1 Å². The maximum Gasteiger partial charge on any atom is 0.291 e. The number of pyridine rings is 1. The average molecular weight is 236 g/mol. The van der Waals surface area contributed by atoms with Gasteiger partial charge < -0.3 is 9.47 Å². The summed E-state index contributed by atoms with van der Waals surface area (Å²) in [6, 6.07) is 1.38. The zero-order valence-electron chi connectivity index (χ0n) is 9.17. The third-order valence-corrected chi connectivity index (χ3v) is 3.20. The molecule has 0 amide bonds. The summed E-state index contributed by atoms with van der Waals surface area (Å²) in [5, 5.41) is 10.6. The Morgan fingerprint density at radius 2 is 2.00 bits per heavy atom. The van der Waals surface area contributed by atoms with Crippen molar-refractivity contribution < 1.29 is 14.4 Å². The van der Waals surface area contributed by atoms with Gasteiger partial charge in [-0.1, -0.05) is 0 Å². The van der Waals surface area contributed by atoms with Gasteiger partial charge in [-0.25, -0.2) is 4.98 Å². The molecular formula is C11H12N2O4. The minimum atomic E-state index is -0.483. The minimum absolute atomic E-state index is 0.0139. The summed E-state index contributed by atoms with van der Waals surface area (Å²) in [7, 11) is 0. The number of ether oxygens (including phenoxy) is 2. The summed E-state index contributed by atoms with van der Waals surface area (Å²) in [4.78, 5) is 14.1. The van der Waals surface area contributed by atoms with Crippen LogP contribution in [0.2, 0.25) is 0 Å². The highest BCUT2D eigenvalue weighted by atomic mass is 16.6. The normalized spacial score (nSPS) is 26.1. The standard InChI is InChI=1S/C11H12N2O4/c14-13(15)7-5-10-11(12-6-7)17-9-4-2-1-3-8(9)16-10/h5-6,8-9H,1-4H2. The topological polar surface area (TPSA) is 74.5 Å². The number of aromatic nitrogens is 1. The molecule has 2 atom stereocenters. The number of hydrogen-bond acceptors (Lipinski definition) is 5. The Morgan fingerprint density at radius 1 is 1.29 bits per heavy atom. The van der Waals surface area contributed by atoms with Crippen molar-refractivity contribution in [1.29, 1.82) is 0 Å². The van der Waals surface area contributed by atoms with Crippen molar-refractivity contribution in [2.75, 3.05) is 0 Å². The Hall–Kier alpha value is -1.85. The molecule has 1 saturated carbocycles. The van der Waals surface area contributed by atoms with Gasteiger partial charge in [0.1, 0.15) is 18.4 Å². The van der Waals surface area contributed by atoms with Crippen LogP contribution in [0.1, 0.15) is 25.7 Å². The Balaban J connectivity index is 1.91. The number of fused-ring (bicyclic) bond motifs is 2. The van der Waals surface area contributed by atoms with E-state index in [2.05, 4.69) is 4.98 Å². The Labute approximate surface area is 97.7 Å². The summed E-state index contributed by atoms with van der Waals surface area (Å²) in [6.45, 7) is 0. The SMILES string of the molecule is O=[N+]([O-])c1cnc2c(c1)OC1CCCCC1O2. The van der Waals surface area contributed by atoms with E-state index < -0.39 is 4.92 Å². The van der Waals surface area contributed by atoms with Gasteiger partial charge in [-0.05, 0) is 25.7 Å².